The molecule has 0 aromatic carbocycles. The molecule has 3 nitrogen and oxygen atoms in total. The number of allylic oxidation sites excluding steroid dienone is 4. The molecule has 0 atom stereocenters. The maximum Gasteiger partial charge on any atom is 0.290 e. The first kappa shape index (κ1) is 19.3. The van der Waals surface area contributed by atoms with Crippen LogP contribution in [0.5, 0.6) is 0 Å². The van der Waals surface area contributed by atoms with Crippen molar-refractivity contribution in [2.45, 2.75) is 58.3 Å². The normalized spacial score (nSPS) is 10.6. The van der Waals surface area contributed by atoms with Crippen molar-refractivity contribution in [1.29, 1.82) is 0 Å². The maximum absolute atomic E-state index is 8.60. The zero-order valence-corrected chi connectivity index (χ0v) is 11.6. The molecule has 3 heteroatoms. The van der Waals surface area contributed by atoms with E-state index in [-0.39, 0.29) is 6.47 Å². The van der Waals surface area contributed by atoms with Crippen LogP contribution in [0, 0.1) is 0 Å². The van der Waals surface area contributed by atoms with Crippen LogP contribution in [-0.2, 0) is 4.79 Å². The Morgan fingerprint density at radius 3 is 2.00 bits per heavy atom. The van der Waals surface area contributed by atoms with Crippen molar-refractivity contribution in [2.24, 2.45) is 0 Å². The Bertz CT molecular complexity index is 198. The monoisotopic (exact) mass is 256 g/mol. The summed E-state index contributed by atoms with van der Waals surface area (Å²) in [6.07, 6.45) is 18.5. The largest absolute Gasteiger partial charge is 0.483 e. The van der Waals surface area contributed by atoms with E-state index in [9.17, 15) is 0 Å². The van der Waals surface area contributed by atoms with E-state index >= 15 is 0 Å². The van der Waals surface area contributed by atoms with Crippen LogP contribution in [0.1, 0.15) is 58.3 Å². The van der Waals surface area contributed by atoms with Gasteiger partial charge >= 0.3 is 0 Å². The Balaban J connectivity index is 0. The van der Waals surface area contributed by atoms with Gasteiger partial charge < -0.3 is 10.2 Å². The van der Waals surface area contributed by atoms with Gasteiger partial charge in [0, 0.05) is 6.61 Å². The molecule has 106 valence electrons. The van der Waals surface area contributed by atoms with Crippen molar-refractivity contribution < 1.29 is 15.0 Å². The van der Waals surface area contributed by atoms with Crippen molar-refractivity contribution in [3.63, 3.8) is 0 Å². The molecule has 0 aliphatic rings. The molecule has 18 heavy (non-hydrogen) atoms. The Labute approximate surface area is 111 Å². The highest BCUT2D eigenvalue weighted by Gasteiger charge is 1.89. The van der Waals surface area contributed by atoms with Crippen molar-refractivity contribution in [2.75, 3.05) is 6.61 Å². The maximum atomic E-state index is 8.60. The van der Waals surface area contributed by atoms with Crippen molar-refractivity contribution in [3.8, 4) is 0 Å². The number of hydrogen-bond donors (Lipinski definition) is 2. The molecule has 0 aromatic rings. The number of aliphatic hydroxyl groups is 1. The third kappa shape index (κ3) is 24.2. The minimum absolute atomic E-state index is 0.250. The standard InChI is InChI=1S/C14H26O.CH2O2/c1-2-3-4-5-6-7-8-9-10-11-12-13-14-15;2-1-3/h2-3,5-6,15H,4,7-14H2,1H3;1H,(H,2,3). The van der Waals surface area contributed by atoms with Gasteiger partial charge in [0.15, 0.2) is 0 Å². The van der Waals surface area contributed by atoms with E-state index < -0.39 is 0 Å². The highest BCUT2D eigenvalue weighted by molar-refractivity contribution is 5.32. The van der Waals surface area contributed by atoms with Gasteiger partial charge in [-0.1, -0.05) is 50.0 Å². The van der Waals surface area contributed by atoms with E-state index in [1.54, 1.807) is 0 Å². The first-order chi connectivity index (χ1) is 8.83. The predicted molar refractivity (Wildman–Crippen MR) is 76.7 cm³/mol. The van der Waals surface area contributed by atoms with Gasteiger partial charge in [-0.05, 0) is 32.6 Å². The van der Waals surface area contributed by atoms with Crippen molar-refractivity contribution in [1.82, 2.24) is 0 Å². The smallest absolute Gasteiger partial charge is 0.290 e. The highest BCUT2D eigenvalue weighted by Crippen LogP contribution is 2.07. The zero-order valence-electron chi connectivity index (χ0n) is 11.6. The molecule has 0 aliphatic carbocycles. The number of aliphatic hydroxyl groups excluding tert-OH is 1. The lowest BCUT2D eigenvalue weighted by atomic mass is 10.1. The van der Waals surface area contributed by atoms with Crippen LogP contribution in [0.3, 0.4) is 0 Å². The Morgan fingerprint density at radius 1 is 0.889 bits per heavy atom. The van der Waals surface area contributed by atoms with E-state index in [0.29, 0.717) is 6.61 Å². The highest BCUT2D eigenvalue weighted by atomic mass is 16.3. The average molecular weight is 256 g/mol. The molecule has 0 fully saturated rings. The summed E-state index contributed by atoms with van der Waals surface area (Å²) in [5.41, 5.74) is 0. The third-order valence-corrected chi connectivity index (χ3v) is 2.45. The van der Waals surface area contributed by atoms with Gasteiger partial charge in [0.1, 0.15) is 0 Å². The summed E-state index contributed by atoms with van der Waals surface area (Å²) in [5.74, 6) is 0. The second kappa shape index (κ2) is 21.2. The number of hydrogen-bond acceptors (Lipinski definition) is 2. The molecule has 0 heterocycles. The molecule has 0 radical (unpaired) electrons. The molecule has 0 aromatic heterocycles. The zero-order chi connectivity index (χ0) is 13.9. The number of carbonyl (C=O) groups is 1. The summed E-state index contributed by atoms with van der Waals surface area (Å²) in [4.78, 5) is 8.36. The van der Waals surface area contributed by atoms with Crippen molar-refractivity contribution in [3.05, 3.63) is 24.3 Å². The van der Waals surface area contributed by atoms with E-state index in [1.807, 2.05) is 0 Å². The van der Waals surface area contributed by atoms with Gasteiger partial charge in [-0.3, -0.25) is 4.79 Å². The average Bonchev–Trinajstić information content (AvgIpc) is 2.37. The van der Waals surface area contributed by atoms with Crippen LogP contribution in [-0.4, -0.2) is 23.3 Å². The number of carboxylic acid groups (broad SMARTS) is 1. The summed E-state index contributed by atoms with van der Waals surface area (Å²) >= 11 is 0. The van der Waals surface area contributed by atoms with Gasteiger partial charge in [-0.2, -0.15) is 0 Å². The van der Waals surface area contributed by atoms with E-state index in [1.165, 1.54) is 38.5 Å². The van der Waals surface area contributed by atoms with E-state index in [0.717, 1.165) is 12.8 Å². The molecule has 0 saturated heterocycles. The fraction of sp³-hybridized carbons (Fsp3) is 0.667. The minimum atomic E-state index is -0.250. The summed E-state index contributed by atoms with van der Waals surface area (Å²) in [5, 5.41) is 15.5. The Kier molecular flexibility index (Phi) is 22.7. The molecule has 0 bridgehead atoms. The van der Waals surface area contributed by atoms with Gasteiger partial charge in [0.2, 0.25) is 0 Å². The number of rotatable bonds is 10. The molecular weight excluding hydrogens is 228 g/mol. The molecule has 0 amide bonds. The molecule has 0 aliphatic heterocycles. The lowest BCUT2D eigenvalue weighted by molar-refractivity contribution is -0.122. The Hall–Kier alpha value is -1.09. The lowest BCUT2D eigenvalue weighted by Gasteiger charge is -1.98. The van der Waals surface area contributed by atoms with E-state index in [2.05, 4.69) is 31.2 Å². The van der Waals surface area contributed by atoms with Crippen LogP contribution in [0.15, 0.2) is 24.3 Å². The third-order valence-electron chi connectivity index (χ3n) is 2.45. The summed E-state index contributed by atoms with van der Waals surface area (Å²) in [6, 6.07) is 0. The van der Waals surface area contributed by atoms with Gasteiger partial charge in [-0.25, -0.2) is 0 Å². The van der Waals surface area contributed by atoms with Crippen LogP contribution in [0.25, 0.3) is 0 Å². The summed E-state index contributed by atoms with van der Waals surface area (Å²) in [6.45, 7) is 2.16. The van der Waals surface area contributed by atoms with Crippen LogP contribution in [0.4, 0.5) is 0 Å². The van der Waals surface area contributed by atoms with Gasteiger partial charge in [0.05, 0.1) is 0 Å². The minimum Gasteiger partial charge on any atom is -0.483 e. The van der Waals surface area contributed by atoms with Crippen LogP contribution >= 0.6 is 0 Å². The van der Waals surface area contributed by atoms with E-state index in [4.69, 9.17) is 15.0 Å². The van der Waals surface area contributed by atoms with Crippen LogP contribution < -0.4 is 0 Å². The fourth-order valence-corrected chi connectivity index (χ4v) is 1.51. The second-order valence-corrected chi connectivity index (χ2v) is 4.02. The summed E-state index contributed by atoms with van der Waals surface area (Å²) in [7, 11) is 0. The molecule has 0 spiro atoms. The quantitative estimate of drug-likeness (QED) is 0.354. The Morgan fingerprint density at radius 2 is 1.44 bits per heavy atom. The molecule has 0 unspecified atom stereocenters. The molecule has 2 N–H and O–H groups in total. The topological polar surface area (TPSA) is 57.5 Å². The SMILES string of the molecule is CC=CCC=CCCCCCCCCO.O=CO. The molecule has 0 rings (SSSR count). The molecule has 0 saturated carbocycles. The number of unbranched alkanes of at least 4 members (excludes halogenated alkanes) is 6. The van der Waals surface area contributed by atoms with Crippen LogP contribution in [0.2, 0.25) is 0 Å². The van der Waals surface area contributed by atoms with Crippen molar-refractivity contribution >= 4 is 6.47 Å². The first-order valence-corrected chi connectivity index (χ1v) is 6.78. The fourth-order valence-electron chi connectivity index (χ4n) is 1.51. The second-order valence-electron chi connectivity index (χ2n) is 4.02. The van der Waals surface area contributed by atoms with Gasteiger partial charge in [0.25, 0.3) is 6.47 Å². The predicted octanol–water partition coefficient (Wildman–Crippen LogP) is 3.93. The summed E-state index contributed by atoms with van der Waals surface area (Å²) < 4.78 is 0. The molecular formula is C15H28O3. The first-order valence-electron chi connectivity index (χ1n) is 6.78. The lowest BCUT2D eigenvalue weighted by Crippen LogP contribution is -1.83. The van der Waals surface area contributed by atoms with Gasteiger partial charge in [-0.15, -0.1) is 0 Å².